The van der Waals surface area contributed by atoms with Crippen molar-refractivity contribution >= 4 is 53.4 Å². The summed E-state index contributed by atoms with van der Waals surface area (Å²) in [6, 6.07) is 64.3. The molecule has 4 heterocycles. The summed E-state index contributed by atoms with van der Waals surface area (Å²) in [7, 11) is 0. The van der Waals surface area contributed by atoms with Gasteiger partial charge in [0.1, 0.15) is 11.2 Å². The minimum Gasteiger partial charge on any atom is -0.455 e. The van der Waals surface area contributed by atoms with Gasteiger partial charge in [-0.15, -0.1) is 11.3 Å². The molecule has 0 spiro atoms. The highest BCUT2D eigenvalue weighted by Crippen LogP contribution is 2.44. The average molecular weight is 1290 g/mol. The zero-order chi connectivity index (χ0) is 82.5. The highest BCUT2D eigenvalue weighted by Gasteiger charge is 2.20. The SMILES string of the molecule is [2H]c1c([2H])c([2H])c(-c2ccc(-c3cc(-c4ccc(-c5c([2H])c([2H])c([2H])c([2H])c5[2H])cc4)c4oc5cc(-c6nc(-c7ccccc7)nc(-c7ccccc7)n6)ccc5c4c3)cc2)c([2H])c1[2H].[2H]c1c([2H])c([2H])c(-c2nc(-c3ccc(-c4cccc(-c5cccc6c5sc5ccccc56)c4)cc3)nc(-c3c([2H])c([2H])c([2H])c([2H])c3[2H])n2)c([2H])c1[2H]. The standard InChI is InChI=1S/C51H33N3O.C39H25N3S/c1-5-13-34(14-6-1)36-21-23-38(24-22-36)43-31-45(39-27-25-37(26-28-39)35-15-7-2-8-16-35)48-46(32-43)44-30-29-42(33-47(44)55-48)51-53-49(40-17-9-3-10-18-40)52-50(54-51)41-19-11-4-12-20-41;1-3-11-27(12-4-1)37-40-38(28-13-5-2-6-14-28)42-39(41-37)29-23-21-26(22-24-29)30-15-9-16-31(25-30)32-18-10-19-34-33-17-7-8-20-35(33)43-36(32)34/h1-33H;1-25H/i1D,2D,5D,6D,7D,8D,13D,14D,15D,16D;1D,2D,3D,4D,5D,6D,11D,12D,13D,14D. The van der Waals surface area contributed by atoms with Gasteiger partial charge in [0.25, 0.3) is 0 Å². The number of furan rings is 1. The second-order valence-corrected chi connectivity index (χ2v) is 23.7. The lowest BCUT2D eigenvalue weighted by atomic mass is 9.93. The molecule has 7 nitrogen and oxygen atoms in total. The molecule has 0 N–H and O–H groups in total. The van der Waals surface area contributed by atoms with E-state index in [2.05, 4.69) is 63.5 Å². The molecule has 14 aromatic carbocycles. The minimum absolute atomic E-state index is 0.0142. The summed E-state index contributed by atoms with van der Waals surface area (Å²) < 4.78 is 175. The fourth-order valence-corrected chi connectivity index (χ4v) is 13.1. The normalized spacial score (nSPS) is 14.1. The van der Waals surface area contributed by atoms with Crippen molar-refractivity contribution in [3.05, 3.63) is 351 Å². The van der Waals surface area contributed by atoms with Crippen LogP contribution in [-0.2, 0) is 0 Å². The van der Waals surface area contributed by atoms with Crippen molar-refractivity contribution in [1.29, 1.82) is 0 Å². The molecule has 98 heavy (non-hydrogen) atoms. The molecule has 0 radical (unpaired) electrons. The smallest absolute Gasteiger partial charge is 0.164 e. The number of fused-ring (bicyclic) bond motifs is 6. The second kappa shape index (κ2) is 26.1. The highest BCUT2D eigenvalue weighted by atomic mass is 32.1. The van der Waals surface area contributed by atoms with E-state index in [-0.39, 0.29) is 63.9 Å². The lowest BCUT2D eigenvalue weighted by Crippen LogP contribution is -2.00. The predicted octanol–water partition coefficient (Wildman–Crippen LogP) is 24.0. The van der Waals surface area contributed by atoms with E-state index in [1.54, 1.807) is 47.7 Å². The van der Waals surface area contributed by atoms with E-state index < -0.39 is 96.7 Å². The van der Waals surface area contributed by atoms with Crippen LogP contribution in [0, 0.1) is 0 Å². The van der Waals surface area contributed by atoms with Crippen LogP contribution in [0.1, 0.15) is 27.4 Å². The highest BCUT2D eigenvalue weighted by molar-refractivity contribution is 7.26. The Labute approximate surface area is 599 Å². The van der Waals surface area contributed by atoms with Crippen molar-refractivity contribution in [3.63, 3.8) is 0 Å². The molecule has 0 fully saturated rings. The van der Waals surface area contributed by atoms with Gasteiger partial charge in [0.05, 0.1) is 27.4 Å². The number of hydrogen-bond acceptors (Lipinski definition) is 8. The number of hydrogen-bond donors (Lipinski definition) is 0. The van der Waals surface area contributed by atoms with E-state index in [1.165, 1.54) is 20.2 Å². The predicted molar refractivity (Wildman–Crippen MR) is 405 cm³/mol. The monoisotopic (exact) mass is 1290 g/mol. The molecular weight excluding hydrogens is 1210 g/mol. The summed E-state index contributed by atoms with van der Waals surface area (Å²) in [5.41, 5.74) is 11.6. The average Bonchev–Trinajstić information content (AvgIpc) is 1.58. The first-order valence-corrected chi connectivity index (χ1v) is 31.9. The first-order chi connectivity index (χ1) is 56.8. The topological polar surface area (TPSA) is 90.5 Å². The van der Waals surface area contributed by atoms with Gasteiger partial charge >= 0.3 is 0 Å². The van der Waals surface area contributed by atoms with Crippen molar-refractivity contribution in [2.75, 3.05) is 0 Å². The third-order valence-corrected chi connectivity index (χ3v) is 17.9. The maximum absolute atomic E-state index is 8.55. The van der Waals surface area contributed by atoms with Gasteiger partial charge in [-0.2, -0.15) is 0 Å². The fourth-order valence-electron chi connectivity index (χ4n) is 11.9. The van der Waals surface area contributed by atoms with Gasteiger partial charge in [0, 0.05) is 69.9 Å². The Morgan fingerprint density at radius 2 is 0.633 bits per heavy atom. The first-order valence-electron chi connectivity index (χ1n) is 41.1. The Bertz CT molecular complexity index is 6920. The van der Waals surface area contributed by atoms with E-state index in [0.29, 0.717) is 50.9 Å². The molecule has 0 unspecified atom stereocenters. The van der Waals surface area contributed by atoms with Crippen LogP contribution in [-0.4, -0.2) is 29.9 Å². The molecule has 0 saturated heterocycles. The van der Waals surface area contributed by atoms with Gasteiger partial charge in [-0.3, -0.25) is 0 Å². The molecular formula is C90H58N6OS. The van der Waals surface area contributed by atoms with Gasteiger partial charge in [-0.25, -0.2) is 29.9 Å². The van der Waals surface area contributed by atoms with Crippen molar-refractivity contribution in [2.24, 2.45) is 0 Å². The van der Waals surface area contributed by atoms with Crippen molar-refractivity contribution in [3.8, 4) is 135 Å². The van der Waals surface area contributed by atoms with E-state index in [0.717, 1.165) is 66.4 Å². The lowest BCUT2D eigenvalue weighted by Gasteiger charge is -2.10. The van der Waals surface area contributed by atoms with Gasteiger partial charge in [-0.1, -0.05) is 315 Å². The van der Waals surface area contributed by atoms with Crippen molar-refractivity contribution < 1.29 is 31.8 Å². The van der Waals surface area contributed by atoms with Crippen LogP contribution < -0.4 is 0 Å². The van der Waals surface area contributed by atoms with E-state index in [4.69, 9.17) is 46.8 Å². The van der Waals surface area contributed by atoms with E-state index >= 15 is 0 Å². The molecule has 0 saturated carbocycles. The van der Waals surface area contributed by atoms with Crippen LogP contribution in [0.2, 0.25) is 0 Å². The quantitative estimate of drug-likeness (QED) is 0.120. The van der Waals surface area contributed by atoms with Crippen LogP contribution in [0.3, 0.4) is 0 Å². The van der Waals surface area contributed by atoms with Crippen LogP contribution in [0.15, 0.2) is 356 Å². The lowest BCUT2D eigenvalue weighted by molar-refractivity contribution is 0.670. The van der Waals surface area contributed by atoms with Crippen molar-refractivity contribution in [2.45, 2.75) is 0 Å². The summed E-state index contributed by atoms with van der Waals surface area (Å²) in [6.07, 6.45) is 0. The maximum atomic E-state index is 8.55. The maximum Gasteiger partial charge on any atom is 0.164 e. The van der Waals surface area contributed by atoms with E-state index in [1.807, 2.05) is 146 Å². The second-order valence-electron chi connectivity index (χ2n) is 22.7. The van der Waals surface area contributed by atoms with Gasteiger partial charge in [0.2, 0.25) is 0 Å². The number of nitrogens with zero attached hydrogens (tertiary/aromatic N) is 6. The molecule has 18 aromatic rings. The Balaban J connectivity index is 0.000000173. The Kier molecular flexibility index (Phi) is 10.9. The molecule has 0 amide bonds. The third-order valence-electron chi connectivity index (χ3n) is 16.7. The minimum atomic E-state index is -0.595. The largest absolute Gasteiger partial charge is 0.455 e. The molecule has 0 atom stereocenters. The summed E-state index contributed by atoms with van der Waals surface area (Å²) >= 11 is 1.76. The Morgan fingerprint density at radius 1 is 0.235 bits per heavy atom. The molecule has 460 valence electrons. The molecule has 0 aliphatic carbocycles. The van der Waals surface area contributed by atoms with E-state index in [9.17, 15) is 0 Å². The van der Waals surface area contributed by atoms with Gasteiger partial charge < -0.3 is 4.42 Å². The summed E-state index contributed by atoms with van der Waals surface area (Å²) in [5, 5.41) is 4.05. The number of benzene rings is 14. The molecule has 8 heteroatoms. The van der Waals surface area contributed by atoms with Gasteiger partial charge in [0.15, 0.2) is 34.9 Å². The summed E-state index contributed by atoms with van der Waals surface area (Å²) in [5.74, 6) is 0.914. The summed E-state index contributed by atoms with van der Waals surface area (Å²) in [4.78, 5) is 28.0. The van der Waals surface area contributed by atoms with Crippen LogP contribution in [0.5, 0.6) is 0 Å². The molecule has 0 bridgehead atoms. The number of thiophene rings is 1. The van der Waals surface area contributed by atoms with Crippen LogP contribution in [0.4, 0.5) is 0 Å². The molecule has 4 aromatic heterocycles. The third kappa shape index (κ3) is 11.9. The fraction of sp³-hybridized carbons (Fsp3) is 0. The van der Waals surface area contributed by atoms with Gasteiger partial charge in [-0.05, 0) is 97.6 Å². The van der Waals surface area contributed by atoms with Crippen molar-refractivity contribution in [1.82, 2.24) is 29.9 Å². The zero-order valence-electron chi connectivity index (χ0n) is 71.4. The molecule has 0 aliphatic heterocycles. The van der Waals surface area contributed by atoms with Crippen LogP contribution in [0.25, 0.3) is 177 Å². The Morgan fingerprint density at radius 3 is 1.18 bits per heavy atom. The number of rotatable bonds is 12. The summed E-state index contributed by atoms with van der Waals surface area (Å²) in [6.45, 7) is 0. The Hall–Kier alpha value is -12.9. The number of aromatic nitrogens is 6. The molecule has 0 aliphatic rings. The molecule has 18 rings (SSSR count). The van der Waals surface area contributed by atoms with Crippen LogP contribution >= 0.6 is 11.3 Å². The first kappa shape index (κ1) is 41.1. The zero-order valence-corrected chi connectivity index (χ0v) is 52.3.